The van der Waals surface area contributed by atoms with Crippen LogP contribution in [-0.2, 0) is 9.53 Å². The number of rotatable bonds is 4. The third kappa shape index (κ3) is 3.36. The van der Waals surface area contributed by atoms with Gasteiger partial charge in [-0.05, 0) is 46.1 Å². The molecule has 9 heteroatoms. The first kappa shape index (κ1) is 19.9. The van der Waals surface area contributed by atoms with E-state index in [1.54, 1.807) is 27.7 Å². The zero-order valence-corrected chi connectivity index (χ0v) is 16.6. The number of amides is 4. The number of nitrogens with one attached hydrogen (secondary N) is 3. The topological polar surface area (TPSA) is 121 Å². The molecule has 1 saturated heterocycles. The zero-order valence-electron chi connectivity index (χ0n) is 16.6. The molecule has 1 saturated carbocycles. The van der Waals surface area contributed by atoms with Gasteiger partial charge in [0.15, 0.2) is 0 Å². The Bertz CT molecular complexity index is 836. The number of hydrogen-bond acceptors (Lipinski definition) is 5. The lowest BCUT2D eigenvalue weighted by molar-refractivity contribution is -0.134. The van der Waals surface area contributed by atoms with Crippen molar-refractivity contribution in [2.75, 3.05) is 0 Å². The highest BCUT2D eigenvalue weighted by Gasteiger charge is 2.52. The normalized spacial score (nSPS) is 18.5. The Morgan fingerprint density at radius 2 is 1.79 bits per heavy atom. The smallest absolute Gasteiger partial charge is 0.344 e. The Morgan fingerprint density at radius 3 is 2.39 bits per heavy atom. The first-order chi connectivity index (χ1) is 13.2. The molecule has 9 nitrogen and oxygen atoms in total. The number of hydrazine groups is 1. The lowest BCUT2D eigenvalue weighted by Crippen LogP contribution is -2.51. The van der Waals surface area contributed by atoms with Gasteiger partial charge in [0, 0.05) is 5.69 Å². The van der Waals surface area contributed by atoms with E-state index < -0.39 is 29.4 Å². The van der Waals surface area contributed by atoms with Gasteiger partial charge in [-0.15, -0.1) is 0 Å². The van der Waals surface area contributed by atoms with E-state index in [-0.39, 0.29) is 17.4 Å². The largest absolute Gasteiger partial charge is 0.459 e. The van der Waals surface area contributed by atoms with Gasteiger partial charge in [-0.25, -0.2) is 9.59 Å². The fraction of sp³-hybridized carbons (Fsp3) is 0.579. The van der Waals surface area contributed by atoms with Crippen LogP contribution < -0.4 is 10.7 Å². The molecule has 0 radical (unpaired) electrons. The molecular weight excluding hydrogens is 364 g/mol. The molecule has 3 N–H and O–H groups in total. The van der Waals surface area contributed by atoms with Crippen LogP contribution in [0.1, 0.15) is 78.1 Å². The maximum Gasteiger partial charge on any atom is 0.344 e. The maximum atomic E-state index is 12.8. The third-order valence-corrected chi connectivity index (χ3v) is 5.29. The van der Waals surface area contributed by atoms with Gasteiger partial charge in [0.1, 0.15) is 11.2 Å². The second-order valence-corrected chi connectivity index (χ2v) is 7.73. The van der Waals surface area contributed by atoms with Crippen molar-refractivity contribution in [3.63, 3.8) is 0 Å². The summed E-state index contributed by atoms with van der Waals surface area (Å²) in [6.07, 6.45) is 3.56. The second kappa shape index (κ2) is 7.29. The molecule has 2 aliphatic rings. The molecule has 1 spiro atoms. The highest BCUT2D eigenvalue weighted by atomic mass is 16.5. The molecule has 0 aromatic carbocycles. The number of carbonyl (C=O) groups excluding carboxylic acids is 4. The van der Waals surface area contributed by atoms with Crippen LogP contribution in [-0.4, -0.2) is 45.5 Å². The summed E-state index contributed by atoms with van der Waals surface area (Å²) >= 11 is 0. The first-order valence-electron chi connectivity index (χ1n) is 9.54. The van der Waals surface area contributed by atoms with Crippen molar-refractivity contribution in [2.24, 2.45) is 0 Å². The molecule has 1 aliphatic heterocycles. The Morgan fingerprint density at radius 1 is 1.14 bits per heavy atom. The van der Waals surface area contributed by atoms with E-state index in [0.717, 1.165) is 24.3 Å². The number of aromatic amines is 1. The Labute approximate surface area is 163 Å². The summed E-state index contributed by atoms with van der Waals surface area (Å²) in [5.74, 6) is -1.64. The standard InChI is InChI=1S/C19H26N4O5/c1-10(2)28-16(25)13-11(3)14(20-12(13)4)15(24)22-23-17(26)19(21-18(23)27)8-6-5-7-9-19/h10,20H,5-9H2,1-4H3,(H,21,27)(H,22,24). The number of carbonyl (C=O) groups is 4. The molecule has 1 aliphatic carbocycles. The van der Waals surface area contributed by atoms with Crippen LogP contribution in [0, 0.1) is 13.8 Å². The predicted octanol–water partition coefficient (Wildman–Crippen LogP) is 2.10. The molecule has 4 amide bonds. The fourth-order valence-electron chi connectivity index (χ4n) is 3.93. The summed E-state index contributed by atoms with van der Waals surface area (Å²) in [7, 11) is 0. The van der Waals surface area contributed by atoms with Crippen molar-refractivity contribution in [3.05, 3.63) is 22.5 Å². The SMILES string of the molecule is Cc1[nH]c(C(=O)NN2C(=O)NC3(CCCCC3)C2=O)c(C)c1C(=O)OC(C)C. The van der Waals surface area contributed by atoms with Gasteiger partial charge >= 0.3 is 12.0 Å². The number of aromatic nitrogens is 1. The number of nitrogens with zero attached hydrogens (tertiary/aromatic N) is 1. The third-order valence-electron chi connectivity index (χ3n) is 5.29. The van der Waals surface area contributed by atoms with Crippen molar-refractivity contribution in [1.29, 1.82) is 0 Å². The van der Waals surface area contributed by atoms with Crippen LogP contribution in [0.5, 0.6) is 0 Å². The zero-order chi connectivity index (χ0) is 20.6. The maximum absolute atomic E-state index is 12.8. The predicted molar refractivity (Wildman–Crippen MR) is 99.5 cm³/mol. The number of urea groups is 1. The van der Waals surface area contributed by atoms with Gasteiger partial charge in [0.2, 0.25) is 0 Å². The average Bonchev–Trinajstić information content (AvgIpc) is 3.03. The monoisotopic (exact) mass is 390 g/mol. The molecule has 2 fully saturated rings. The minimum atomic E-state index is -0.921. The van der Waals surface area contributed by atoms with E-state index in [2.05, 4.69) is 15.7 Å². The van der Waals surface area contributed by atoms with E-state index in [0.29, 0.717) is 24.1 Å². The average molecular weight is 390 g/mol. The van der Waals surface area contributed by atoms with Crippen molar-refractivity contribution in [3.8, 4) is 0 Å². The van der Waals surface area contributed by atoms with E-state index in [1.165, 1.54) is 0 Å². The number of ether oxygens (including phenoxy) is 1. The van der Waals surface area contributed by atoms with Gasteiger partial charge in [0.05, 0.1) is 11.7 Å². The van der Waals surface area contributed by atoms with Gasteiger partial charge < -0.3 is 15.0 Å². The van der Waals surface area contributed by atoms with Gasteiger partial charge in [-0.3, -0.25) is 15.0 Å². The van der Waals surface area contributed by atoms with Crippen molar-refractivity contribution in [1.82, 2.24) is 20.7 Å². The molecule has 152 valence electrons. The molecule has 28 heavy (non-hydrogen) atoms. The number of aryl methyl sites for hydroxylation is 1. The van der Waals surface area contributed by atoms with E-state index in [1.807, 2.05) is 0 Å². The lowest BCUT2D eigenvalue weighted by atomic mass is 9.82. The van der Waals surface area contributed by atoms with Crippen LogP contribution in [0.15, 0.2) is 0 Å². The number of H-pyrrole nitrogens is 1. The minimum absolute atomic E-state index is 0.110. The van der Waals surface area contributed by atoms with Crippen LogP contribution in [0.3, 0.4) is 0 Å². The van der Waals surface area contributed by atoms with E-state index >= 15 is 0 Å². The quantitative estimate of drug-likeness (QED) is 0.537. The molecule has 0 bridgehead atoms. The summed E-state index contributed by atoms with van der Waals surface area (Å²) in [6, 6.07) is -0.638. The summed E-state index contributed by atoms with van der Waals surface area (Å²) < 4.78 is 5.21. The van der Waals surface area contributed by atoms with Crippen molar-refractivity contribution >= 4 is 23.8 Å². The van der Waals surface area contributed by atoms with Crippen LogP contribution in [0.2, 0.25) is 0 Å². The van der Waals surface area contributed by atoms with Gasteiger partial charge in [-0.1, -0.05) is 19.3 Å². The summed E-state index contributed by atoms with van der Waals surface area (Å²) in [6.45, 7) is 6.75. The van der Waals surface area contributed by atoms with Crippen molar-refractivity contribution in [2.45, 2.75) is 71.4 Å². The second-order valence-electron chi connectivity index (χ2n) is 7.73. The Balaban J connectivity index is 1.79. The number of hydrogen-bond donors (Lipinski definition) is 3. The highest BCUT2D eigenvalue weighted by Crippen LogP contribution is 2.33. The molecule has 1 aromatic heterocycles. The summed E-state index contributed by atoms with van der Waals surface area (Å²) in [5.41, 5.74) is 2.73. The van der Waals surface area contributed by atoms with Gasteiger partial charge in [0.25, 0.3) is 11.8 Å². The molecule has 3 rings (SSSR count). The molecule has 0 unspecified atom stereocenters. The minimum Gasteiger partial charge on any atom is -0.459 e. The first-order valence-corrected chi connectivity index (χ1v) is 9.54. The van der Waals surface area contributed by atoms with Gasteiger partial charge in [-0.2, -0.15) is 5.01 Å². The van der Waals surface area contributed by atoms with Crippen molar-refractivity contribution < 1.29 is 23.9 Å². The Kier molecular flexibility index (Phi) is 5.18. The fourth-order valence-corrected chi connectivity index (χ4v) is 3.93. The van der Waals surface area contributed by atoms with E-state index in [4.69, 9.17) is 4.74 Å². The Hall–Kier alpha value is -2.84. The molecule has 1 aromatic rings. The summed E-state index contributed by atoms with van der Waals surface area (Å²) in [4.78, 5) is 53.0. The number of esters is 1. The summed E-state index contributed by atoms with van der Waals surface area (Å²) in [5, 5.41) is 3.48. The highest BCUT2D eigenvalue weighted by molar-refractivity contribution is 6.09. The molecule has 0 atom stereocenters. The lowest BCUT2D eigenvalue weighted by Gasteiger charge is -2.30. The van der Waals surface area contributed by atoms with E-state index in [9.17, 15) is 19.2 Å². The van der Waals surface area contributed by atoms with Crippen LogP contribution in [0.4, 0.5) is 4.79 Å². The molecular formula is C19H26N4O5. The van der Waals surface area contributed by atoms with Crippen LogP contribution in [0.25, 0.3) is 0 Å². The number of imide groups is 1. The van der Waals surface area contributed by atoms with Crippen LogP contribution >= 0.6 is 0 Å². The molecule has 2 heterocycles.